The number of amides is 1. The lowest BCUT2D eigenvalue weighted by molar-refractivity contribution is -0.116. The van der Waals surface area contributed by atoms with Gasteiger partial charge in [-0.2, -0.15) is 0 Å². The number of thiocarbonyl (C=S) groups is 1. The second kappa shape index (κ2) is 7.70. The third-order valence-corrected chi connectivity index (χ3v) is 5.81. The van der Waals surface area contributed by atoms with Crippen molar-refractivity contribution in [1.82, 2.24) is 4.90 Å². The van der Waals surface area contributed by atoms with Crippen LogP contribution < -0.4 is 4.90 Å². The molecule has 0 fully saturated rings. The highest BCUT2D eigenvalue weighted by Gasteiger charge is 2.35. The summed E-state index contributed by atoms with van der Waals surface area (Å²) < 4.78 is 0.795. The molecule has 5 heteroatoms. The quantitative estimate of drug-likeness (QED) is 0.732. The van der Waals surface area contributed by atoms with E-state index < -0.39 is 0 Å². The van der Waals surface area contributed by atoms with E-state index in [1.165, 1.54) is 17.3 Å². The number of para-hydroxylation sites is 1. The van der Waals surface area contributed by atoms with Gasteiger partial charge < -0.3 is 9.80 Å². The molecule has 0 spiro atoms. The van der Waals surface area contributed by atoms with Gasteiger partial charge in [0.1, 0.15) is 4.32 Å². The molecule has 3 nitrogen and oxygen atoms in total. The van der Waals surface area contributed by atoms with Crippen LogP contribution in [-0.4, -0.2) is 39.5 Å². The number of hydrogen-bond donors (Lipinski definition) is 0. The van der Waals surface area contributed by atoms with Gasteiger partial charge in [0.05, 0.1) is 17.0 Å². The molecule has 1 heterocycles. The number of fused-ring (bicyclic) bond motifs is 1. The Morgan fingerprint density at radius 3 is 2.50 bits per heavy atom. The van der Waals surface area contributed by atoms with Gasteiger partial charge in [0.2, 0.25) is 5.91 Å². The normalized spacial score (nSPS) is 15.5. The van der Waals surface area contributed by atoms with E-state index in [1.54, 1.807) is 0 Å². The van der Waals surface area contributed by atoms with E-state index in [0.717, 1.165) is 28.7 Å². The predicted octanol–water partition coefficient (Wildman–Crippen LogP) is 4.58. The largest absolute Gasteiger partial charge is 0.358 e. The van der Waals surface area contributed by atoms with Gasteiger partial charge in [-0.3, -0.25) is 4.79 Å². The lowest BCUT2D eigenvalue weighted by Crippen LogP contribution is -2.50. The molecule has 0 saturated heterocycles. The summed E-state index contributed by atoms with van der Waals surface area (Å²) in [6.45, 7) is 12.2. The fourth-order valence-electron chi connectivity index (χ4n) is 3.20. The lowest BCUT2D eigenvalue weighted by atomic mass is 9.89. The minimum absolute atomic E-state index is 0.0932. The first-order chi connectivity index (χ1) is 11.3. The van der Waals surface area contributed by atoms with Crippen molar-refractivity contribution in [3.8, 4) is 0 Å². The minimum Gasteiger partial charge on any atom is -0.358 e. The Balaban J connectivity index is 2.21. The van der Waals surface area contributed by atoms with Crippen LogP contribution in [0.25, 0.3) is 5.57 Å². The van der Waals surface area contributed by atoms with Crippen molar-refractivity contribution in [3.05, 3.63) is 35.9 Å². The maximum atomic E-state index is 13.0. The molecule has 0 saturated carbocycles. The summed E-state index contributed by atoms with van der Waals surface area (Å²) in [5, 5.41) is 0. The number of hydrogen-bond acceptors (Lipinski definition) is 3. The third kappa shape index (κ3) is 3.83. The molecule has 1 aromatic carbocycles. The van der Waals surface area contributed by atoms with E-state index >= 15 is 0 Å². The molecule has 1 aromatic rings. The maximum Gasteiger partial charge on any atom is 0.238 e. The molecule has 0 atom stereocenters. The molecule has 0 unspecified atom stereocenters. The molecule has 0 radical (unpaired) electrons. The highest BCUT2D eigenvalue weighted by Crippen LogP contribution is 2.39. The van der Waals surface area contributed by atoms with Gasteiger partial charge in [-0.15, -0.1) is 0 Å². The van der Waals surface area contributed by atoms with Crippen LogP contribution in [-0.2, 0) is 4.79 Å². The second-order valence-electron chi connectivity index (χ2n) is 6.45. The van der Waals surface area contributed by atoms with Gasteiger partial charge in [0.25, 0.3) is 0 Å². The molecule has 2 rings (SSSR count). The van der Waals surface area contributed by atoms with Crippen LogP contribution in [0, 0.1) is 0 Å². The monoisotopic (exact) mass is 362 g/mol. The summed E-state index contributed by atoms with van der Waals surface area (Å²) in [5.74, 6) is 0.454. The van der Waals surface area contributed by atoms with Crippen LogP contribution in [0.4, 0.5) is 5.69 Å². The van der Waals surface area contributed by atoms with Crippen LogP contribution in [0.15, 0.2) is 30.3 Å². The molecular weight excluding hydrogens is 336 g/mol. The molecule has 0 bridgehead atoms. The molecule has 0 aliphatic carbocycles. The zero-order chi connectivity index (χ0) is 17.9. The first-order valence-corrected chi connectivity index (χ1v) is 9.74. The van der Waals surface area contributed by atoms with Crippen molar-refractivity contribution < 1.29 is 4.79 Å². The third-order valence-electron chi connectivity index (χ3n) is 4.31. The Hall–Kier alpha value is -1.33. The molecule has 1 amide bonds. The van der Waals surface area contributed by atoms with Crippen LogP contribution in [0.3, 0.4) is 0 Å². The SMILES string of the molecule is CCN(CC)C(=S)SCC(=O)N1c2ccccc2C(C)=CC1(C)C. The van der Waals surface area contributed by atoms with Crippen molar-refractivity contribution in [2.75, 3.05) is 23.7 Å². The number of nitrogens with zero attached hydrogens (tertiary/aromatic N) is 2. The maximum absolute atomic E-state index is 13.0. The number of carbonyl (C=O) groups is 1. The van der Waals surface area contributed by atoms with Crippen molar-refractivity contribution in [2.45, 2.75) is 40.2 Å². The minimum atomic E-state index is -0.340. The number of benzene rings is 1. The zero-order valence-corrected chi connectivity index (χ0v) is 16.8. The van der Waals surface area contributed by atoms with Crippen LogP contribution >= 0.6 is 24.0 Å². The number of allylic oxidation sites excluding steroid dienone is 1. The number of rotatable bonds is 4. The Morgan fingerprint density at radius 2 is 1.88 bits per heavy atom. The van der Waals surface area contributed by atoms with Crippen molar-refractivity contribution in [1.29, 1.82) is 0 Å². The van der Waals surface area contributed by atoms with E-state index in [0.29, 0.717) is 5.75 Å². The highest BCUT2D eigenvalue weighted by atomic mass is 32.2. The van der Waals surface area contributed by atoms with Crippen molar-refractivity contribution in [2.24, 2.45) is 0 Å². The standard InChI is InChI=1S/C19H26N2OS2/c1-6-20(7-2)18(23)24-13-17(22)21-16-11-9-8-10-15(16)14(3)12-19(21,4)5/h8-12H,6-7,13H2,1-5H3. The average Bonchev–Trinajstić information content (AvgIpc) is 2.53. The Morgan fingerprint density at radius 1 is 1.25 bits per heavy atom. The topological polar surface area (TPSA) is 23.6 Å². The average molecular weight is 363 g/mol. The van der Waals surface area contributed by atoms with Gasteiger partial charge in [0, 0.05) is 18.7 Å². The van der Waals surface area contributed by atoms with Crippen LogP contribution in [0.2, 0.25) is 0 Å². The molecule has 0 aromatic heterocycles. The molecule has 0 N–H and O–H groups in total. The van der Waals surface area contributed by atoms with E-state index in [2.05, 4.69) is 51.7 Å². The predicted molar refractivity (Wildman–Crippen MR) is 110 cm³/mol. The smallest absolute Gasteiger partial charge is 0.238 e. The molecule has 130 valence electrons. The summed E-state index contributed by atoms with van der Waals surface area (Å²) in [6, 6.07) is 8.10. The second-order valence-corrected chi connectivity index (χ2v) is 8.06. The fraction of sp³-hybridized carbons (Fsp3) is 0.474. The summed E-state index contributed by atoms with van der Waals surface area (Å²) in [4.78, 5) is 17.0. The highest BCUT2D eigenvalue weighted by molar-refractivity contribution is 8.23. The molecule has 24 heavy (non-hydrogen) atoms. The van der Waals surface area contributed by atoms with E-state index in [-0.39, 0.29) is 11.4 Å². The van der Waals surface area contributed by atoms with Crippen LogP contribution in [0.5, 0.6) is 0 Å². The number of carbonyl (C=O) groups excluding carboxylic acids is 1. The Labute approximate surface area is 155 Å². The Kier molecular flexibility index (Phi) is 6.10. The summed E-state index contributed by atoms with van der Waals surface area (Å²) in [5.41, 5.74) is 2.99. The molecule has 1 aliphatic rings. The van der Waals surface area contributed by atoms with Gasteiger partial charge in [0.15, 0.2) is 0 Å². The van der Waals surface area contributed by atoms with E-state index in [4.69, 9.17) is 12.2 Å². The van der Waals surface area contributed by atoms with E-state index in [1.807, 2.05) is 23.1 Å². The zero-order valence-electron chi connectivity index (χ0n) is 15.1. The van der Waals surface area contributed by atoms with Gasteiger partial charge in [-0.25, -0.2) is 0 Å². The first-order valence-electron chi connectivity index (χ1n) is 8.35. The van der Waals surface area contributed by atoms with Gasteiger partial charge >= 0.3 is 0 Å². The summed E-state index contributed by atoms with van der Waals surface area (Å²) in [6.07, 6.45) is 2.17. The van der Waals surface area contributed by atoms with Crippen molar-refractivity contribution >= 4 is 45.5 Å². The summed E-state index contributed by atoms with van der Waals surface area (Å²) >= 11 is 6.91. The van der Waals surface area contributed by atoms with Crippen LogP contribution in [0.1, 0.15) is 40.2 Å². The lowest BCUT2D eigenvalue weighted by Gasteiger charge is -2.41. The number of thioether (sulfide) groups is 1. The van der Waals surface area contributed by atoms with Crippen molar-refractivity contribution in [3.63, 3.8) is 0 Å². The number of anilines is 1. The van der Waals surface area contributed by atoms with Gasteiger partial charge in [-0.1, -0.05) is 48.3 Å². The molecular formula is C19H26N2OS2. The fourth-order valence-corrected chi connectivity index (χ4v) is 4.45. The molecule has 1 aliphatic heterocycles. The Bertz CT molecular complexity index is 663. The summed E-state index contributed by atoms with van der Waals surface area (Å²) in [7, 11) is 0. The van der Waals surface area contributed by atoms with E-state index in [9.17, 15) is 4.79 Å². The van der Waals surface area contributed by atoms with Gasteiger partial charge in [-0.05, 0) is 46.3 Å². The first kappa shape index (κ1) is 19.0.